The van der Waals surface area contributed by atoms with Crippen molar-refractivity contribution in [3.63, 3.8) is 0 Å². The summed E-state index contributed by atoms with van der Waals surface area (Å²) >= 11 is 0. The normalized spacial score (nSPS) is 10.8. The number of nitrogens with one attached hydrogen (secondary N) is 3. The molecule has 0 saturated carbocycles. The molecule has 5 rings (SSSR count). The van der Waals surface area contributed by atoms with Gasteiger partial charge in [0.2, 0.25) is 11.7 Å². The van der Waals surface area contributed by atoms with Gasteiger partial charge in [-0.1, -0.05) is 0 Å². The summed E-state index contributed by atoms with van der Waals surface area (Å²) in [5.74, 6) is 2.48. The maximum absolute atomic E-state index is 5.45. The van der Waals surface area contributed by atoms with Crippen LogP contribution in [0.15, 0.2) is 61.4 Å². The van der Waals surface area contributed by atoms with E-state index in [0.29, 0.717) is 45.9 Å². The summed E-state index contributed by atoms with van der Waals surface area (Å²) in [7, 11) is 4.70. The Morgan fingerprint density at radius 2 is 1.65 bits per heavy atom. The highest BCUT2D eigenvalue weighted by Gasteiger charge is 2.16. The van der Waals surface area contributed by atoms with Gasteiger partial charge in [0, 0.05) is 41.6 Å². The summed E-state index contributed by atoms with van der Waals surface area (Å²) in [5.41, 5.74) is 3.70. The molecule has 172 valence electrons. The van der Waals surface area contributed by atoms with E-state index in [1.165, 1.54) is 0 Å². The Kier molecular flexibility index (Phi) is 5.56. The van der Waals surface area contributed by atoms with Gasteiger partial charge in [-0.2, -0.15) is 9.97 Å². The molecule has 0 radical (unpaired) electrons. The molecule has 0 aliphatic carbocycles. The maximum Gasteiger partial charge on any atom is 0.231 e. The molecule has 0 unspecified atom stereocenters. The zero-order valence-electron chi connectivity index (χ0n) is 18.7. The first-order valence-corrected chi connectivity index (χ1v) is 10.3. The molecular weight excluding hydrogens is 436 g/mol. The van der Waals surface area contributed by atoms with Crippen LogP contribution in [0.5, 0.6) is 17.2 Å². The Morgan fingerprint density at radius 1 is 0.882 bits per heavy atom. The van der Waals surface area contributed by atoms with E-state index >= 15 is 0 Å². The van der Waals surface area contributed by atoms with Crippen LogP contribution in [-0.4, -0.2) is 50.8 Å². The summed E-state index contributed by atoms with van der Waals surface area (Å²) in [6, 6.07) is 11.4. The van der Waals surface area contributed by atoms with Crippen LogP contribution in [-0.2, 0) is 0 Å². The minimum Gasteiger partial charge on any atom is -0.493 e. The second-order valence-electron chi connectivity index (χ2n) is 7.18. The van der Waals surface area contributed by atoms with Gasteiger partial charge in [-0.25, -0.2) is 9.97 Å². The van der Waals surface area contributed by atoms with Gasteiger partial charge in [0.05, 0.1) is 34.0 Å². The molecule has 2 aromatic carbocycles. The van der Waals surface area contributed by atoms with Crippen molar-refractivity contribution in [1.82, 2.24) is 29.5 Å². The van der Waals surface area contributed by atoms with Gasteiger partial charge >= 0.3 is 0 Å². The lowest BCUT2D eigenvalue weighted by Crippen LogP contribution is -2.03. The Labute approximate surface area is 194 Å². The summed E-state index contributed by atoms with van der Waals surface area (Å²) in [5, 5.41) is 6.54. The fourth-order valence-electron chi connectivity index (χ4n) is 3.53. The minimum absolute atomic E-state index is 0.393. The van der Waals surface area contributed by atoms with Crippen molar-refractivity contribution >= 4 is 34.3 Å². The SMILES string of the molecule is COc1cc(Nc2nc(Nc3ccc(-n4ccnc4)cc3)nc3nc[nH]c23)cc(OC)c1OC. The van der Waals surface area contributed by atoms with Gasteiger partial charge < -0.3 is 34.4 Å². The minimum atomic E-state index is 0.393. The van der Waals surface area contributed by atoms with Crippen LogP contribution in [0.25, 0.3) is 16.9 Å². The number of nitrogens with zero attached hydrogens (tertiary/aromatic N) is 5. The average Bonchev–Trinajstić information content (AvgIpc) is 3.56. The number of ether oxygens (including phenoxy) is 3. The van der Waals surface area contributed by atoms with Crippen molar-refractivity contribution in [2.75, 3.05) is 32.0 Å². The lowest BCUT2D eigenvalue weighted by atomic mass is 10.2. The zero-order valence-corrected chi connectivity index (χ0v) is 18.7. The van der Waals surface area contributed by atoms with Crippen LogP contribution in [0.4, 0.5) is 23.1 Å². The highest BCUT2D eigenvalue weighted by Crippen LogP contribution is 2.41. The van der Waals surface area contributed by atoms with E-state index in [4.69, 9.17) is 14.2 Å². The molecule has 11 nitrogen and oxygen atoms in total. The van der Waals surface area contributed by atoms with E-state index in [9.17, 15) is 0 Å². The topological polar surface area (TPSA) is 124 Å². The standard InChI is InChI=1S/C23H22N8O3/c1-32-17-10-15(11-18(33-2)20(17)34-3)27-22-19-21(26-12-25-19)29-23(30-22)28-14-4-6-16(7-5-14)31-9-8-24-13-31/h4-13H,1-3H3,(H3,25,26,27,28,29,30). The van der Waals surface area contributed by atoms with Crippen LogP contribution in [0, 0.1) is 0 Å². The molecule has 0 saturated heterocycles. The van der Waals surface area contributed by atoms with E-state index in [1.807, 2.05) is 35.0 Å². The quantitative estimate of drug-likeness (QED) is 0.316. The van der Waals surface area contributed by atoms with Crippen LogP contribution >= 0.6 is 0 Å². The predicted octanol–water partition coefficient (Wildman–Crippen LogP) is 4.05. The Morgan fingerprint density at radius 3 is 2.29 bits per heavy atom. The molecular formula is C23H22N8O3. The van der Waals surface area contributed by atoms with Crippen LogP contribution < -0.4 is 24.8 Å². The summed E-state index contributed by atoms with van der Waals surface area (Å²) < 4.78 is 18.2. The second-order valence-corrected chi connectivity index (χ2v) is 7.18. The third-order valence-electron chi connectivity index (χ3n) is 5.14. The first-order chi connectivity index (χ1) is 16.7. The number of H-pyrrole nitrogens is 1. The molecule has 11 heteroatoms. The number of benzene rings is 2. The first-order valence-electron chi connectivity index (χ1n) is 10.3. The van der Waals surface area contributed by atoms with Gasteiger partial charge in [-0.05, 0) is 24.3 Å². The molecule has 3 N–H and O–H groups in total. The number of methoxy groups -OCH3 is 3. The zero-order chi connectivity index (χ0) is 23.5. The molecule has 0 aliphatic heterocycles. The number of rotatable bonds is 8. The average molecular weight is 458 g/mol. The Balaban J connectivity index is 1.46. The van der Waals surface area contributed by atoms with Crippen LogP contribution in [0.2, 0.25) is 0 Å². The third-order valence-corrected chi connectivity index (χ3v) is 5.14. The highest BCUT2D eigenvalue weighted by atomic mass is 16.5. The van der Waals surface area contributed by atoms with E-state index in [-0.39, 0.29) is 0 Å². The van der Waals surface area contributed by atoms with Crippen molar-refractivity contribution in [3.8, 4) is 22.9 Å². The molecule has 5 aromatic rings. The molecule has 0 fully saturated rings. The second kappa shape index (κ2) is 8.98. The number of aromatic amines is 1. The summed E-state index contributed by atoms with van der Waals surface area (Å²) in [4.78, 5) is 20.6. The van der Waals surface area contributed by atoms with Gasteiger partial charge in [0.1, 0.15) is 5.52 Å². The van der Waals surface area contributed by atoms with Crippen molar-refractivity contribution in [3.05, 3.63) is 61.4 Å². The number of fused-ring (bicyclic) bond motifs is 1. The first kappa shape index (κ1) is 21.1. The van der Waals surface area contributed by atoms with E-state index in [2.05, 4.69) is 35.6 Å². The van der Waals surface area contributed by atoms with E-state index in [0.717, 1.165) is 11.4 Å². The predicted molar refractivity (Wildman–Crippen MR) is 128 cm³/mol. The molecule has 3 heterocycles. The smallest absolute Gasteiger partial charge is 0.231 e. The van der Waals surface area contributed by atoms with Crippen LogP contribution in [0.3, 0.4) is 0 Å². The van der Waals surface area contributed by atoms with Crippen molar-refractivity contribution in [2.24, 2.45) is 0 Å². The number of hydrogen-bond acceptors (Lipinski definition) is 9. The van der Waals surface area contributed by atoms with E-state index in [1.54, 1.807) is 52.3 Å². The van der Waals surface area contributed by atoms with Gasteiger partial charge in [0.15, 0.2) is 23.0 Å². The van der Waals surface area contributed by atoms with Crippen molar-refractivity contribution in [1.29, 1.82) is 0 Å². The van der Waals surface area contributed by atoms with Gasteiger partial charge in [-0.15, -0.1) is 0 Å². The van der Waals surface area contributed by atoms with Crippen molar-refractivity contribution < 1.29 is 14.2 Å². The number of imidazole rings is 2. The molecule has 0 atom stereocenters. The van der Waals surface area contributed by atoms with Gasteiger partial charge in [-0.3, -0.25) is 0 Å². The fraction of sp³-hybridized carbons (Fsp3) is 0.130. The fourth-order valence-corrected chi connectivity index (χ4v) is 3.53. The monoisotopic (exact) mass is 458 g/mol. The number of anilines is 4. The molecule has 0 spiro atoms. The molecule has 3 aromatic heterocycles. The number of aromatic nitrogens is 6. The largest absolute Gasteiger partial charge is 0.493 e. The van der Waals surface area contributed by atoms with Crippen molar-refractivity contribution in [2.45, 2.75) is 0 Å². The Bertz CT molecular complexity index is 1390. The Hall–Kier alpha value is -4.80. The lowest BCUT2D eigenvalue weighted by molar-refractivity contribution is 0.324. The molecule has 0 bridgehead atoms. The summed E-state index contributed by atoms with van der Waals surface area (Å²) in [6.07, 6.45) is 6.95. The van der Waals surface area contributed by atoms with Gasteiger partial charge in [0.25, 0.3) is 0 Å². The maximum atomic E-state index is 5.45. The summed E-state index contributed by atoms with van der Waals surface area (Å²) in [6.45, 7) is 0. The van der Waals surface area contributed by atoms with Crippen LogP contribution in [0.1, 0.15) is 0 Å². The highest BCUT2D eigenvalue weighted by molar-refractivity contribution is 5.87. The molecule has 34 heavy (non-hydrogen) atoms. The lowest BCUT2D eigenvalue weighted by Gasteiger charge is -2.15. The number of hydrogen-bond donors (Lipinski definition) is 3. The molecule has 0 aliphatic rings. The molecule has 0 amide bonds. The van der Waals surface area contributed by atoms with E-state index < -0.39 is 0 Å². The third kappa shape index (κ3) is 4.01.